The lowest BCUT2D eigenvalue weighted by Crippen LogP contribution is -2.26. The Labute approximate surface area is 103 Å². The Bertz CT molecular complexity index is 552. The number of nitrogens with zero attached hydrogens (tertiary/aromatic N) is 3. The van der Waals surface area contributed by atoms with Gasteiger partial charge in [0.15, 0.2) is 0 Å². The monoisotopic (exact) mass is 248 g/mol. The summed E-state index contributed by atoms with van der Waals surface area (Å²) in [6.45, 7) is 1.95. The summed E-state index contributed by atoms with van der Waals surface area (Å²) in [6, 6.07) is 7.66. The number of hydrogen-bond acceptors (Lipinski definition) is 5. The van der Waals surface area contributed by atoms with E-state index in [0.29, 0.717) is 10.1 Å². The van der Waals surface area contributed by atoms with Gasteiger partial charge in [0.25, 0.3) is 5.91 Å². The Morgan fingerprint density at radius 1 is 1.35 bits per heavy atom. The molecule has 1 aromatic carbocycles. The summed E-state index contributed by atoms with van der Waals surface area (Å²) < 4.78 is 0. The molecule has 0 spiro atoms. The van der Waals surface area contributed by atoms with Gasteiger partial charge in [-0.3, -0.25) is 4.79 Å². The van der Waals surface area contributed by atoms with E-state index in [4.69, 9.17) is 5.73 Å². The number of nitrogens with two attached hydrogens (primary N) is 1. The molecule has 2 aromatic rings. The predicted molar refractivity (Wildman–Crippen MR) is 68.2 cm³/mol. The zero-order chi connectivity index (χ0) is 12.4. The predicted octanol–water partition coefficient (Wildman–Crippen LogP) is 1.71. The van der Waals surface area contributed by atoms with E-state index in [1.54, 1.807) is 11.9 Å². The summed E-state index contributed by atoms with van der Waals surface area (Å²) in [7, 11) is 1.71. The number of carbonyl (C=O) groups is 1. The first kappa shape index (κ1) is 11.5. The third kappa shape index (κ3) is 2.26. The molecule has 1 amide bonds. The standard InChI is InChI=1S/C11H12N4OS/c1-7-5-3-4-6-8(7)15(2)10(16)9-13-14-11(12)17-9/h3-6H,1-2H3,(H2,12,14). The van der Waals surface area contributed by atoms with Gasteiger partial charge >= 0.3 is 0 Å². The number of para-hydroxylation sites is 1. The maximum atomic E-state index is 12.1. The van der Waals surface area contributed by atoms with Gasteiger partial charge in [-0.05, 0) is 18.6 Å². The van der Waals surface area contributed by atoms with Crippen molar-refractivity contribution in [1.29, 1.82) is 0 Å². The second kappa shape index (κ2) is 4.50. The third-order valence-corrected chi connectivity index (χ3v) is 3.15. The molecular formula is C11H12N4OS. The molecule has 2 rings (SSSR count). The smallest absolute Gasteiger partial charge is 0.289 e. The molecule has 0 unspecified atom stereocenters. The van der Waals surface area contributed by atoms with Crippen LogP contribution in [0.1, 0.15) is 15.4 Å². The second-order valence-electron chi connectivity index (χ2n) is 3.60. The normalized spacial score (nSPS) is 10.2. The molecule has 1 heterocycles. The highest BCUT2D eigenvalue weighted by Crippen LogP contribution is 2.21. The van der Waals surface area contributed by atoms with Crippen molar-refractivity contribution in [3.8, 4) is 0 Å². The van der Waals surface area contributed by atoms with Crippen LogP contribution in [0.4, 0.5) is 10.8 Å². The number of amides is 1. The number of aryl methyl sites for hydroxylation is 1. The van der Waals surface area contributed by atoms with Crippen molar-refractivity contribution in [1.82, 2.24) is 10.2 Å². The number of nitrogen functional groups attached to an aromatic ring is 1. The largest absolute Gasteiger partial charge is 0.374 e. The highest BCUT2D eigenvalue weighted by molar-refractivity contribution is 7.17. The number of anilines is 2. The first-order chi connectivity index (χ1) is 8.09. The summed E-state index contributed by atoms with van der Waals surface area (Å²) in [4.78, 5) is 13.6. The molecule has 0 radical (unpaired) electrons. The van der Waals surface area contributed by atoms with Crippen LogP contribution in [-0.2, 0) is 0 Å². The molecule has 88 valence electrons. The van der Waals surface area contributed by atoms with Crippen molar-refractivity contribution in [3.63, 3.8) is 0 Å². The summed E-state index contributed by atoms with van der Waals surface area (Å²) >= 11 is 1.09. The van der Waals surface area contributed by atoms with Crippen LogP contribution in [0.15, 0.2) is 24.3 Å². The molecule has 0 aliphatic rings. The van der Waals surface area contributed by atoms with E-state index in [0.717, 1.165) is 22.6 Å². The van der Waals surface area contributed by atoms with Crippen LogP contribution in [0.25, 0.3) is 0 Å². The van der Waals surface area contributed by atoms with Crippen molar-refractivity contribution in [2.45, 2.75) is 6.92 Å². The second-order valence-corrected chi connectivity index (χ2v) is 4.61. The molecule has 0 fully saturated rings. The van der Waals surface area contributed by atoms with Crippen LogP contribution in [-0.4, -0.2) is 23.2 Å². The Morgan fingerprint density at radius 3 is 2.65 bits per heavy atom. The zero-order valence-electron chi connectivity index (χ0n) is 9.54. The Morgan fingerprint density at radius 2 is 2.06 bits per heavy atom. The Balaban J connectivity index is 2.29. The first-order valence-electron chi connectivity index (χ1n) is 5.02. The molecule has 1 aromatic heterocycles. The minimum absolute atomic E-state index is 0.200. The van der Waals surface area contributed by atoms with Gasteiger partial charge in [0, 0.05) is 12.7 Å². The highest BCUT2D eigenvalue weighted by Gasteiger charge is 2.18. The van der Waals surface area contributed by atoms with Crippen molar-refractivity contribution in [2.24, 2.45) is 0 Å². The highest BCUT2D eigenvalue weighted by atomic mass is 32.1. The zero-order valence-corrected chi connectivity index (χ0v) is 10.4. The van der Waals surface area contributed by atoms with Crippen LogP contribution in [0.3, 0.4) is 0 Å². The molecule has 0 aliphatic carbocycles. The van der Waals surface area contributed by atoms with Crippen molar-refractivity contribution < 1.29 is 4.79 Å². The van der Waals surface area contributed by atoms with Crippen LogP contribution in [0.2, 0.25) is 0 Å². The molecule has 2 N–H and O–H groups in total. The molecule has 0 atom stereocenters. The molecule has 0 saturated carbocycles. The van der Waals surface area contributed by atoms with Crippen LogP contribution in [0.5, 0.6) is 0 Å². The van der Waals surface area contributed by atoms with E-state index in [1.165, 1.54) is 0 Å². The van der Waals surface area contributed by atoms with E-state index in [1.807, 2.05) is 31.2 Å². The van der Waals surface area contributed by atoms with Crippen molar-refractivity contribution in [3.05, 3.63) is 34.8 Å². The molecular weight excluding hydrogens is 236 g/mol. The third-order valence-electron chi connectivity index (χ3n) is 2.41. The number of rotatable bonds is 2. The number of benzene rings is 1. The van der Waals surface area contributed by atoms with Gasteiger partial charge < -0.3 is 10.6 Å². The molecule has 6 heteroatoms. The Kier molecular flexibility index (Phi) is 3.06. The van der Waals surface area contributed by atoms with Crippen molar-refractivity contribution >= 4 is 28.1 Å². The fourth-order valence-corrected chi connectivity index (χ4v) is 2.10. The maximum absolute atomic E-state index is 12.1. The molecule has 0 saturated heterocycles. The lowest BCUT2D eigenvalue weighted by atomic mass is 10.2. The van der Waals surface area contributed by atoms with E-state index >= 15 is 0 Å². The van der Waals surface area contributed by atoms with E-state index in [2.05, 4.69) is 10.2 Å². The number of hydrogen-bond donors (Lipinski definition) is 1. The van der Waals surface area contributed by atoms with Gasteiger partial charge in [-0.2, -0.15) is 0 Å². The number of aromatic nitrogens is 2. The summed E-state index contributed by atoms with van der Waals surface area (Å²) in [5.74, 6) is -0.200. The Hall–Kier alpha value is -1.95. The summed E-state index contributed by atoms with van der Waals surface area (Å²) in [6.07, 6.45) is 0. The minimum Gasteiger partial charge on any atom is -0.374 e. The fourth-order valence-electron chi connectivity index (χ4n) is 1.51. The average Bonchev–Trinajstić information content (AvgIpc) is 2.75. The SMILES string of the molecule is Cc1ccccc1N(C)C(=O)c1nnc(N)s1. The minimum atomic E-state index is -0.200. The molecule has 17 heavy (non-hydrogen) atoms. The lowest BCUT2D eigenvalue weighted by Gasteiger charge is -2.17. The quantitative estimate of drug-likeness (QED) is 0.878. The topological polar surface area (TPSA) is 72.1 Å². The number of carbonyl (C=O) groups excluding carboxylic acids is 1. The maximum Gasteiger partial charge on any atom is 0.289 e. The van der Waals surface area contributed by atoms with E-state index < -0.39 is 0 Å². The van der Waals surface area contributed by atoms with Crippen LogP contribution >= 0.6 is 11.3 Å². The summed E-state index contributed by atoms with van der Waals surface area (Å²) in [5.41, 5.74) is 7.34. The summed E-state index contributed by atoms with van der Waals surface area (Å²) in [5, 5.41) is 7.98. The molecule has 0 aliphatic heterocycles. The average molecular weight is 248 g/mol. The van der Waals surface area contributed by atoms with E-state index in [-0.39, 0.29) is 5.91 Å². The fraction of sp³-hybridized carbons (Fsp3) is 0.182. The van der Waals surface area contributed by atoms with Crippen LogP contribution < -0.4 is 10.6 Å². The first-order valence-corrected chi connectivity index (χ1v) is 5.84. The van der Waals surface area contributed by atoms with Gasteiger partial charge in [-0.1, -0.05) is 29.5 Å². The van der Waals surface area contributed by atoms with Gasteiger partial charge in [0.2, 0.25) is 10.1 Å². The van der Waals surface area contributed by atoms with Crippen molar-refractivity contribution in [2.75, 3.05) is 17.7 Å². The lowest BCUT2D eigenvalue weighted by molar-refractivity contribution is 0.0992. The van der Waals surface area contributed by atoms with Gasteiger partial charge in [0.1, 0.15) is 0 Å². The molecule has 5 nitrogen and oxygen atoms in total. The van der Waals surface area contributed by atoms with Gasteiger partial charge in [-0.25, -0.2) is 0 Å². The van der Waals surface area contributed by atoms with Gasteiger partial charge in [0.05, 0.1) is 0 Å². The van der Waals surface area contributed by atoms with E-state index in [9.17, 15) is 4.79 Å². The van der Waals surface area contributed by atoms with Gasteiger partial charge in [-0.15, -0.1) is 10.2 Å². The van der Waals surface area contributed by atoms with Crippen LogP contribution in [0, 0.1) is 6.92 Å². The molecule has 0 bridgehead atoms.